The Labute approximate surface area is 165 Å². The number of hydrogen-bond acceptors (Lipinski definition) is 7. The van der Waals surface area contributed by atoms with Crippen LogP contribution in [-0.4, -0.2) is 39.6 Å². The molecule has 0 aromatic carbocycles. The van der Waals surface area contributed by atoms with Gasteiger partial charge in [-0.3, -0.25) is 14.4 Å². The minimum atomic E-state index is -1.70. The number of rotatable bonds is 3. The molecule has 156 valence electrons. The van der Waals surface area contributed by atoms with E-state index in [1.807, 2.05) is 0 Å². The van der Waals surface area contributed by atoms with E-state index in [0.717, 1.165) is 0 Å². The van der Waals surface area contributed by atoms with E-state index in [1.165, 1.54) is 13.2 Å². The van der Waals surface area contributed by atoms with E-state index in [-0.39, 0.29) is 12.2 Å². The highest BCUT2D eigenvalue weighted by Gasteiger charge is 2.58. The van der Waals surface area contributed by atoms with Gasteiger partial charge in [0.1, 0.15) is 22.9 Å². The van der Waals surface area contributed by atoms with E-state index in [9.17, 15) is 19.5 Å². The summed E-state index contributed by atoms with van der Waals surface area (Å²) >= 11 is 0. The zero-order chi connectivity index (χ0) is 21.5. The van der Waals surface area contributed by atoms with Crippen molar-refractivity contribution in [3.05, 3.63) is 24.2 Å². The van der Waals surface area contributed by atoms with Gasteiger partial charge in [0.2, 0.25) is 0 Å². The van der Waals surface area contributed by atoms with Crippen molar-refractivity contribution in [2.75, 3.05) is 0 Å². The first kappa shape index (κ1) is 22.1. The fourth-order valence-corrected chi connectivity index (χ4v) is 3.57. The van der Waals surface area contributed by atoms with Crippen molar-refractivity contribution >= 4 is 17.7 Å². The van der Waals surface area contributed by atoms with Gasteiger partial charge in [-0.2, -0.15) is 0 Å². The fraction of sp³-hybridized carbons (Fsp3) is 0.667. The monoisotopic (exact) mass is 394 g/mol. The van der Waals surface area contributed by atoms with E-state index in [4.69, 9.17) is 13.9 Å². The second kappa shape index (κ2) is 7.35. The van der Waals surface area contributed by atoms with Crippen molar-refractivity contribution in [3.63, 3.8) is 0 Å². The highest BCUT2D eigenvalue weighted by molar-refractivity contribution is 6.02. The van der Waals surface area contributed by atoms with E-state index in [1.54, 1.807) is 53.7 Å². The van der Waals surface area contributed by atoms with Crippen molar-refractivity contribution in [2.24, 2.45) is 11.8 Å². The van der Waals surface area contributed by atoms with E-state index >= 15 is 0 Å². The molecule has 0 radical (unpaired) electrons. The predicted molar refractivity (Wildman–Crippen MR) is 100 cm³/mol. The lowest BCUT2D eigenvalue weighted by Crippen LogP contribution is -2.56. The molecule has 0 spiro atoms. The summed E-state index contributed by atoms with van der Waals surface area (Å²) in [5.41, 5.74) is -3.31. The van der Waals surface area contributed by atoms with Gasteiger partial charge in [0.25, 0.3) is 0 Å². The standard InChI is InChI=1S/C21H30O7/c1-19(2,3)27-17(23)14-12(22)11-21(7,25)16(18(24)28-20(4,5)6)15(14)13-9-8-10-26-13/h8-10,14-16,25H,11H2,1-7H3/t14-,15+,16-,21+/m1/s1. The molecule has 1 heterocycles. The highest BCUT2D eigenvalue weighted by atomic mass is 16.6. The van der Waals surface area contributed by atoms with Gasteiger partial charge < -0.3 is 19.0 Å². The zero-order valence-electron chi connectivity index (χ0n) is 17.6. The SMILES string of the molecule is CC(C)(C)OC(=O)[C@@H]1C(=O)C[C@](C)(O)[C@@H](C(=O)OC(C)(C)C)[C@H]1c1ccco1. The maximum absolute atomic E-state index is 13.0. The number of furan rings is 1. The molecule has 0 amide bonds. The molecule has 0 unspecified atom stereocenters. The Morgan fingerprint density at radius 3 is 2.11 bits per heavy atom. The van der Waals surface area contributed by atoms with Crippen LogP contribution < -0.4 is 0 Å². The molecule has 1 N–H and O–H groups in total. The maximum atomic E-state index is 13.0. The number of carbonyl (C=O) groups is 3. The minimum absolute atomic E-state index is 0.250. The molecule has 1 aliphatic rings. The molecule has 1 saturated carbocycles. The van der Waals surface area contributed by atoms with Crippen molar-refractivity contribution in [1.82, 2.24) is 0 Å². The van der Waals surface area contributed by atoms with Crippen LogP contribution in [0.15, 0.2) is 22.8 Å². The van der Waals surface area contributed by atoms with Gasteiger partial charge in [-0.05, 0) is 60.6 Å². The summed E-state index contributed by atoms with van der Waals surface area (Å²) in [6.45, 7) is 11.6. The van der Waals surface area contributed by atoms with Crippen molar-refractivity contribution in [3.8, 4) is 0 Å². The van der Waals surface area contributed by atoms with Gasteiger partial charge in [0.15, 0.2) is 5.78 Å². The Bertz CT molecular complexity index is 732. The Morgan fingerprint density at radius 1 is 1.11 bits per heavy atom. The summed E-state index contributed by atoms with van der Waals surface area (Å²) < 4.78 is 16.4. The number of hydrogen-bond donors (Lipinski definition) is 1. The van der Waals surface area contributed by atoms with Crippen LogP contribution in [0.1, 0.15) is 66.6 Å². The highest BCUT2D eigenvalue weighted by Crippen LogP contribution is 2.47. The van der Waals surface area contributed by atoms with Crippen molar-refractivity contribution in [1.29, 1.82) is 0 Å². The third-order valence-electron chi connectivity index (χ3n) is 4.46. The molecule has 0 saturated heterocycles. The maximum Gasteiger partial charge on any atom is 0.317 e. The van der Waals surface area contributed by atoms with Crippen LogP contribution in [0.3, 0.4) is 0 Å². The molecule has 1 fully saturated rings. The zero-order valence-corrected chi connectivity index (χ0v) is 17.6. The molecular weight excluding hydrogens is 364 g/mol. The van der Waals surface area contributed by atoms with Gasteiger partial charge in [0, 0.05) is 6.42 Å². The van der Waals surface area contributed by atoms with Crippen LogP contribution in [0.4, 0.5) is 0 Å². The Kier molecular flexibility index (Phi) is 5.81. The molecule has 7 nitrogen and oxygen atoms in total. The molecule has 4 atom stereocenters. The Morgan fingerprint density at radius 2 is 1.64 bits per heavy atom. The average Bonchev–Trinajstić information content (AvgIpc) is 2.94. The quantitative estimate of drug-likeness (QED) is 0.621. The summed E-state index contributed by atoms with van der Waals surface area (Å²) in [7, 11) is 0. The topological polar surface area (TPSA) is 103 Å². The molecule has 7 heteroatoms. The Balaban J connectivity index is 2.55. The third-order valence-corrected chi connectivity index (χ3v) is 4.46. The second-order valence-electron chi connectivity index (χ2n) is 9.56. The van der Waals surface area contributed by atoms with Gasteiger partial charge >= 0.3 is 11.9 Å². The van der Waals surface area contributed by atoms with Crippen LogP contribution in [0.25, 0.3) is 0 Å². The first-order chi connectivity index (χ1) is 12.6. The molecule has 0 bridgehead atoms. The van der Waals surface area contributed by atoms with E-state index in [2.05, 4.69) is 0 Å². The van der Waals surface area contributed by atoms with Gasteiger partial charge in [-0.15, -0.1) is 0 Å². The van der Waals surface area contributed by atoms with Gasteiger partial charge in [-0.1, -0.05) is 0 Å². The van der Waals surface area contributed by atoms with Crippen LogP contribution in [0.2, 0.25) is 0 Å². The van der Waals surface area contributed by atoms with Crippen molar-refractivity contribution < 1.29 is 33.4 Å². The normalized spacial score (nSPS) is 28.7. The number of Topliss-reactive ketones (excluding diaryl/α,β-unsaturated/α-hetero) is 1. The molecule has 1 aromatic rings. The smallest absolute Gasteiger partial charge is 0.317 e. The van der Waals surface area contributed by atoms with Crippen LogP contribution in [-0.2, 0) is 23.9 Å². The number of esters is 2. The number of ether oxygens (including phenoxy) is 2. The number of ketones is 1. The predicted octanol–water partition coefficient (Wildman–Crippen LogP) is 3.00. The molecule has 0 aliphatic heterocycles. The first-order valence-electron chi connectivity index (χ1n) is 9.36. The van der Waals surface area contributed by atoms with Gasteiger partial charge in [0.05, 0.1) is 23.7 Å². The summed E-state index contributed by atoms with van der Waals surface area (Å²) in [6, 6.07) is 3.18. The Hall–Kier alpha value is -2.15. The van der Waals surface area contributed by atoms with E-state index in [0.29, 0.717) is 0 Å². The summed E-state index contributed by atoms with van der Waals surface area (Å²) in [5, 5.41) is 11.0. The van der Waals surface area contributed by atoms with E-state index < -0.39 is 52.3 Å². The number of carbonyl (C=O) groups excluding carboxylic acids is 3. The molecule has 1 aliphatic carbocycles. The van der Waals surface area contributed by atoms with Crippen LogP contribution >= 0.6 is 0 Å². The molecule has 1 aromatic heterocycles. The molecule has 28 heavy (non-hydrogen) atoms. The summed E-state index contributed by atoms with van der Waals surface area (Å²) in [6.07, 6.45) is 1.03. The second-order valence-corrected chi connectivity index (χ2v) is 9.56. The van der Waals surface area contributed by atoms with Gasteiger partial charge in [-0.25, -0.2) is 0 Å². The third kappa shape index (κ3) is 5.01. The lowest BCUT2D eigenvalue weighted by atomic mass is 9.63. The molecule has 2 rings (SSSR count). The largest absolute Gasteiger partial charge is 0.469 e. The van der Waals surface area contributed by atoms with Crippen LogP contribution in [0, 0.1) is 11.8 Å². The lowest BCUT2D eigenvalue weighted by molar-refractivity contribution is -0.182. The first-order valence-corrected chi connectivity index (χ1v) is 9.36. The fourth-order valence-electron chi connectivity index (χ4n) is 3.57. The molecular formula is C21H30O7. The van der Waals surface area contributed by atoms with Crippen molar-refractivity contribution in [2.45, 2.75) is 77.6 Å². The summed E-state index contributed by atoms with van der Waals surface area (Å²) in [4.78, 5) is 38.7. The minimum Gasteiger partial charge on any atom is -0.469 e. The van der Waals surface area contributed by atoms with Crippen LogP contribution in [0.5, 0.6) is 0 Å². The average molecular weight is 394 g/mol. The number of aliphatic hydroxyl groups is 1. The summed E-state index contributed by atoms with van der Waals surface area (Å²) in [5.74, 6) is -5.17. The lowest BCUT2D eigenvalue weighted by Gasteiger charge is -2.43.